The quantitative estimate of drug-likeness (QED) is 0.699. The Bertz CT molecular complexity index is 762. The molecule has 0 bridgehead atoms. The molecule has 2 aromatic rings. The number of hydrogen-bond acceptors (Lipinski definition) is 4. The van der Waals surface area contributed by atoms with E-state index in [1.165, 1.54) is 5.56 Å². The summed E-state index contributed by atoms with van der Waals surface area (Å²) >= 11 is 0. The van der Waals surface area contributed by atoms with Crippen molar-refractivity contribution < 1.29 is 19.1 Å². The smallest absolute Gasteiger partial charge is 0.255 e. The average Bonchev–Trinajstić information content (AvgIpc) is 2.63. The molecule has 27 heavy (non-hydrogen) atoms. The molecule has 0 fully saturated rings. The summed E-state index contributed by atoms with van der Waals surface area (Å²) in [6.45, 7) is 7.05. The molecule has 0 atom stereocenters. The maximum absolute atomic E-state index is 12.1. The van der Waals surface area contributed by atoms with E-state index in [1.54, 1.807) is 24.3 Å². The van der Waals surface area contributed by atoms with Crippen LogP contribution < -0.4 is 20.5 Å². The fraction of sp³-hybridized carbons (Fsp3) is 0.333. The first-order chi connectivity index (χ1) is 12.8. The van der Waals surface area contributed by atoms with E-state index >= 15 is 0 Å². The Morgan fingerprint density at radius 3 is 2.04 bits per heavy atom. The van der Waals surface area contributed by atoms with Gasteiger partial charge in [-0.05, 0) is 47.4 Å². The molecule has 0 saturated carbocycles. The highest BCUT2D eigenvalue weighted by Crippen LogP contribution is 2.24. The Labute approximate surface area is 159 Å². The first-order valence-corrected chi connectivity index (χ1v) is 8.78. The molecule has 0 aromatic heterocycles. The lowest BCUT2D eigenvalue weighted by molar-refractivity contribution is -0.119. The summed E-state index contributed by atoms with van der Waals surface area (Å²) in [6.07, 6.45) is 0. The predicted molar refractivity (Wildman–Crippen MR) is 104 cm³/mol. The highest BCUT2D eigenvalue weighted by molar-refractivity contribution is 5.94. The summed E-state index contributed by atoms with van der Waals surface area (Å²) in [4.78, 5) is 22.8. The molecule has 0 aliphatic rings. The van der Waals surface area contributed by atoms with Gasteiger partial charge in [0, 0.05) is 5.56 Å². The molecule has 3 N–H and O–H groups in total. The molecule has 0 unspecified atom stereocenters. The number of ether oxygens (including phenoxy) is 2. The molecule has 0 aliphatic heterocycles. The maximum Gasteiger partial charge on any atom is 0.255 e. The molecule has 0 spiro atoms. The van der Waals surface area contributed by atoms with Gasteiger partial charge in [-0.2, -0.15) is 0 Å². The average molecular weight is 370 g/mol. The zero-order valence-corrected chi connectivity index (χ0v) is 16.0. The monoisotopic (exact) mass is 370 g/mol. The minimum atomic E-state index is -0.551. The Kier molecular flexibility index (Phi) is 6.82. The molecule has 2 amide bonds. The van der Waals surface area contributed by atoms with E-state index in [2.05, 4.69) is 38.2 Å². The van der Waals surface area contributed by atoms with E-state index < -0.39 is 5.91 Å². The summed E-state index contributed by atoms with van der Waals surface area (Å²) in [5.41, 5.74) is 6.86. The van der Waals surface area contributed by atoms with Crippen LogP contribution in [0.1, 0.15) is 36.7 Å². The highest BCUT2D eigenvalue weighted by atomic mass is 16.5. The molecule has 0 saturated heterocycles. The van der Waals surface area contributed by atoms with Crippen molar-refractivity contribution in [2.24, 2.45) is 5.73 Å². The van der Waals surface area contributed by atoms with Gasteiger partial charge in [0.05, 0.1) is 6.54 Å². The van der Waals surface area contributed by atoms with Crippen molar-refractivity contribution in [2.45, 2.75) is 26.2 Å². The molecule has 2 rings (SSSR count). The van der Waals surface area contributed by atoms with Crippen molar-refractivity contribution >= 4 is 11.8 Å². The third-order valence-electron chi connectivity index (χ3n) is 3.87. The van der Waals surface area contributed by atoms with Gasteiger partial charge in [-0.25, -0.2) is 0 Å². The van der Waals surface area contributed by atoms with Crippen LogP contribution in [0.5, 0.6) is 11.5 Å². The van der Waals surface area contributed by atoms with Crippen LogP contribution in [0, 0.1) is 0 Å². The Hall–Kier alpha value is -3.02. The summed E-state index contributed by atoms with van der Waals surface area (Å²) in [5.74, 6) is 0.494. The summed E-state index contributed by atoms with van der Waals surface area (Å²) in [7, 11) is 0. The third kappa shape index (κ3) is 6.66. The second-order valence-electron chi connectivity index (χ2n) is 7.16. The lowest BCUT2D eigenvalue weighted by atomic mass is 9.87. The molecule has 6 heteroatoms. The van der Waals surface area contributed by atoms with Crippen LogP contribution in [-0.2, 0) is 10.2 Å². The SMILES string of the molecule is CC(C)(C)c1ccc(OCCNC(=O)c2ccc(OCC(N)=O)cc2)cc1. The van der Waals surface area contributed by atoms with Crippen molar-refractivity contribution in [1.82, 2.24) is 5.32 Å². The van der Waals surface area contributed by atoms with Crippen LogP contribution in [0.15, 0.2) is 48.5 Å². The first kappa shape index (κ1) is 20.3. The Morgan fingerprint density at radius 1 is 0.926 bits per heavy atom. The van der Waals surface area contributed by atoms with Gasteiger partial charge >= 0.3 is 0 Å². The van der Waals surface area contributed by atoms with Gasteiger partial charge in [0.15, 0.2) is 6.61 Å². The van der Waals surface area contributed by atoms with Gasteiger partial charge in [0.25, 0.3) is 11.8 Å². The fourth-order valence-corrected chi connectivity index (χ4v) is 2.34. The molecule has 2 aromatic carbocycles. The van der Waals surface area contributed by atoms with Gasteiger partial charge < -0.3 is 20.5 Å². The van der Waals surface area contributed by atoms with E-state index in [1.807, 2.05) is 12.1 Å². The standard InChI is InChI=1S/C21H26N2O4/c1-21(2,3)16-6-10-17(11-7-16)26-13-12-23-20(25)15-4-8-18(9-5-15)27-14-19(22)24/h4-11H,12-14H2,1-3H3,(H2,22,24)(H,23,25). The van der Waals surface area contributed by atoms with Crippen molar-refractivity contribution in [3.05, 3.63) is 59.7 Å². The largest absolute Gasteiger partial charge is 0.492 e. The van der Waals surface area contributed by atoms with Crippen LogP contribution in [0.3, 0.4) is 0 Å². The van der Waals surface area contributed by atoms with Gasteiger partial charge in [0.2, 0.25) is 0 Å². The van der Waals surface area contributed by atoms with Crippen LogP contribution in [0.4, 0.5) is 0 Å². The predicted octanol–water partition coefficient (Wildman–Crippen LogP) is 2.66. The normalized spacial score (nSPS) is 10.9. The zero-order valence-electron chi connectivity index (χ0n) is 16.0. The van der Waals surface area contributed by atoms with Crippen molar-refractivity contribution in [3.63, 3.8) is 0 Å². The van der Waals surface area contributed by atoms with E-state index in [0.29, 0.717) is 24.5 Å². The number of benzene rings is 2. The number of amides is 2. The molecule has 0 heterocycles. The number of primary amides is 1. The second kappa shape index (κ2) is 9.07. The first-order valence-electron chi connectivity index (χ1n) is 8.78. The molecule has 0 aliphatic carbocycles. The van der Waals surface area contributed by atoms with Gasteiger partial charge in [0.1, 0.15) is 18.1 Å². The summed E-state index contributed by atoms with van der Waals surface area (Å²) in [6, 6.07) is 14.5. The maximum atomic E-state index is 12.1. The van der Waals surface area contributed by atoms with Crippen LogP contribution in [0.2, 0.25) is 0 Å². The molecule has 0 radical (unpaired) electrons. The van der Waals surface area contributed by atoms with Crippen molar-refractivity contribution in [3.8, 4) is 11.5 Å². The molecule has 144 valence electrons. The molecular formula is C21H26N2O4. The minimum Gasteiger partial charge on any atom is -0.492 e. The Morgan fingerprint density at radius 2 is 1.48 bits per heavy atom. The van der Waals surface area contributed by atoms with E-state index in [0.717, 1.165) is 5.75 Å². The summed E-state index contributed by atoms with van der Waals surface area (Å²) in [5, 5.41) is 2.80. The lowest BCUT2D eigenvalue weighted by Gasteiger charge is -2.19. The number of carbonyl (C=O) groups is 2. The van der Waals surface area contributed by atoms with E-state index in [4.69, 9.17) is 15.2 Å². The van der Waals surface area contributed by atoms with E-state index in [-0.39, 0.29) is 17.9 Å². The van der Waals surface area contributed by atoms with Gasteiger partial charge in [-0.1, -0.05) is 32.9 Å². The second-order valence-corrected chi connectivity index (χ2v) is 7.16. The lowest BCUT2D eigenvalue weighted by Crippen LogP contribution is -2.28. The van der Waals surface area contributed by atoms with Gasteiger partial charge in [-0.3, -0.25) is 9.59 Å². The van der Waals surface area contributed by atoms with Crippen molar-refractivity contribution in [2.75, 3.05) is 19.8 Å². The highest BCUT2D eigenvalue weighted by Gasteiger charge is 2.13. The molecule has 6 nitrogen and oxygen atoms in total. The number of nitrogens with two attached hydrogens (primary N) is 1. The Balaban J connectivity index is 1.75. The third-order valence-corrected chi connectivity index (χ3v) is 3.87. The van der Waals surface area contributed by atoms with E-state index in [9.17, 15) is 9.59 Å². The number of rotatable bonds is 8. The fourth-order valence-electron chi connectivity index (χ4n) is 2.34. The summed E-state index contributed by atoms with van der Waals surface area (Å²) < 4.78 is 10.8. The van der Waals surface area contributed by atoms with Crippen molar-refractivity contribution in [1.29, 1.82) is 0 Å². The topological polar surface area (TPSA) is 90.7 Å². The number of nitrogens with one attached hydrogen (secondary N) is 1. The number of hydrogen-bond donors (Lipinski definition) is 2. The van der Waals surface area contributed by atoms with Gasteiger partial charge in [-0.15, -0.1) is 0 Å². The minimum absolute atomic E-state index is 0.104. The van der Waals surface area contributed by atoms with Crippen LogP contribution >= 0.6 is 0 Å². The molecular weight excluding hydrogens is 344 g/mol. The number of carbonyl (C=O) groups excluding carboxylic acids is 2. The van der Waals surface area contributed by atoms with Crippen LogP contribution in [0.25, 0.3) is 0 Å². The zero-order chi connectivity index (χ0) is 19.9. The van der Waals surface area contributed by atoms with Crippen LogP contribution in [-0.4, -0.2) is 31.6 Å².